The predicted molar refractivity (Wildman–Crippen MR) is 85.2 cm³/mol. The molecule has 0 spiro atoms. The molecule has 1 aromatic carbocycles. The third kappa shape index (κ3) is 3.57. The second kappa shape index (κ2) is 7.43. The summed E-state index contributed by atoms with van der Waals surface area (Å²) in [5, 5.41) is 8.91. The van der Waals surface area contributed by atoms with Gasteiger partial charge in [0.15, 0.2) is 0 Å². The summed E-state index contributed by atoms with van der Waals surface area (Å²) in [7, 11) is 2.29. The molecule has 0 atom stereocenters. The molecule has 0 unspecified atom stereocenters. The van der Waals surface area contributed by atoms with Crippen molar-refractivity contribution in [1.29, 1.82) is 0 Å². The van der Waals surface area contributed by atoms with Gasteiger partial charge in [0.05, 0.1) is 25.4 Å². The van der Waals surface area contributed by atoms with Crippen molar-refractivity contribution in [3.63, 3.8) is 0 Å². The first kappa shape index (κ1) is 17.9. The highest BCUT2D eigenvalue weighted by atomic mass is 19.1. The van der Waals surface area contributed by atoms with Crippen LogP contribution in [0.2, 0.25) is 0 Å². The Morgan fingerprint density at radius 2 is 1.76 bits per heavy atom. The Labute approximate surface area is 142 Å². The number of anilines is 1. The summed E-state index contributed by atoms with van der Waals surface area (Å²) >= 11 is 0. The van der Waals surface area contributed by atoms with E-state index in [1.807, 2.05) is 0 Å². The van der Waals surface area contributed by atoms with Crippen LogP contribution in [0.3, 0.4) is 0 Å². The number of carbonyl (C=O) groups is 3. The zero-order valence-corrected chi connectivity index (χ0v) is 13.4. The van der Waals surface area contributed by atoms with E-state index in [1.165, 1.54) is 35.4 Å². The van der Waals surface area contributed by atoms with E-state index in [2.05, 4.69) is 4.74 Å². The Morgan fingerprint density at radius 3 is 2.32 bits per heavy atom. The maximum atomic E-state index is 14.0. The first-order chi connectivity index (χ1) is 11.9. The first-order valence-corrected chi connectivity index (χ1v) is 6.98. The molecule has 1 aliphatic rings. The molecule has 1 aliphatic heterocycles. The van der Waals surface area contributed by atoms with E-state index in [0.717, 1.165) is 26.4 Å². The molecule has 0 aliphatic carbocycles. The normalized spacial score (nSPS) is 13.5. The van der Waals surface area contributed by atoms with Crippen LogP contribution in [-0.2, 0) is 19.1 Å². The average molecular weight is 347 g/mol. The number of hydrogen-bond donors (Lipinski definition) is 1. The summed E-state index contributed by atoms with van der Waals surface area (Å²) in [4.78, 5) is 36.4. The largest absolute Gasteiger partial charge is 0.478 e. The minimum absolute atomic E-state index is 0.0953. The maximum Gasteiger partial charge on any atom is 0.355 e. The second-order valence-electron chi connectivity index (χ2n) is 4.79. The van der Waals surface area contributed by atoms with Gasteiger partial charge in [-0.05, 0) is 30.4 Å². The summed E-state index contributed by atoms with van der Waals surface area (Å²) in [5.41, 5.74) is -0.675. The summed E-state index contributed by atoms with van der Waals surface area (Å²) < 4.78 is 23.4. The zero-order chi connectivity index (χ0) is 18.6. The highest BCUT2D eigenvalue weighted by Gasteiger charge is 2.28. The molecule has 2 rings (SSSR count). The molecule has 25 heavy (non-hydrogen) atoms. The van der Waals surface area contributed by atoms with E-state index >= 15 is 0 Å². The Morgan fingerprint density at radius 1 is 1.08 bits per heavy atom. The number of carboxylic acid groups (broad SMARTS) is 1. The molecule has 0 fully saturated rings. The molecule has 8 heteroatoms. The van der Waals surface area contributed by atoms with E-state index in [4.69, 9.17) is 9.84 Å². The van der Waals surface area contributed by atoms with Crippen molar-refractivity contribution in [2.45, 2.75) is 0 Å². The molecular weight excluding hydrogens is 333 g/mol. The van der Waals surface area contributed by atoms with Gasteiger partial charge in [0, 0.05) is 11.9 Å². The van der Waals surface area contributed by atoms with Gasteiger partial charge in [0.2, 0.25) is 0 Å². The third-order valence-electron chi connectivity index (χ3n) is 3.35. The molecule has 7 nitrogen and oxygen atoms in total. The van der Waals surface area contributed by atoms with Crippen molar-refractivity contribution >= 4 is 23.6 Å². The van der Waals surface area contributed by atoms with E-state index < -0.39 is 29.3 Å². The van der Waals surface area contributed by atoms with Crippen LogP contribution in [0.15, 0.2) is 53.9 Å². The van der Waals surface area contributed by atoms with Crippen LogP contribution < -0.4 is 4.90 Å². The van der Waals surface area contributed by atoms with Crippen molar-refractivity contribution in [2.24, 2.45) is 0 Å². The van der Waals surface area contributed by atoms with Crippen molar-refractivity contribution in [2.75, 3.05) is 19.1 Å². The second-order valence-corrected chi connectivity index (χ2v) is 4.79. The number of rotatable bonds is 4. The fourth-order valence-electron chi connectivity index (χ4n) is 2.19. The number of benzene rings is 1. The number of ether oxygens (including phenoxy) is 2. The fourth-order valence-corrected chi connectivity index (χ4v) is 2.19. The number of hydrogen-bond acceptors (Lipinski definition) is 6. The lowest BCUT2D eigenvalue weighted by Gasteiger charge is -2.23. The van der Waals surface area contributed by atoms with Crippen LogP contribution in [-0.4, -0.2) is 37.2 Å². The van der Waals surface area contributed by atoms with E-state index in [9.17, 15) is 18.8 Å². The molecule has 1 heterocycles. The molecular formula is C17H14FNO6. The van der Waals surface area contributed by atoms with Crippen LogP contribution in [0.1, 0.15) is 10.4 Å². The summed E-state index contributed by atoms with van der Waals surface area (Å²) in [6, 6.07) is 3.31. The fraction of sp³-hybridized carbons (Fsp3) is 0.118. The number of esters is 2. The smallest absolute Gasteiger partial charge is 0.355 e. The van der Waals surface area contributed by atoms with E-state index in [-0.39, 0.29) is 17.0 Å². The number of carboxylic acids is 1. The SMILES string of the molecule is COC(=O)C1=C(C(=O)OC)N(c2ccc(C(=O)O)c(F)c2)C=CC=C1. The van der Waals surface area contributed by atoms with E-state index in [0.29, 0.717) is 0 Å². The highest BCUT2D eigenvalue weighted by Crippen LogP contribution is 2.27. The molecule has 1 N–H and O–H groups in total. The number of nitrogens with zero attached hydrogens (tertiary/aromatic N) is 1. The van der Waals surface area contributed by atoms with Gasteiger partial charge in [-0.3, -0.25) is 0 Å². The summed E-state index contributed by atoms with van der Waals surface area (Å²) in [6.45, 7) is 0. The zero-order valence-electron chi connectivity index (χ0n) is 13.4. The van der Waals surface area contributed by atoms with Gasteiger partial charge in [0.1, 0.15) is 11.5 Å². The molecule has 130 valence electrons. The van der Waals surface area contributed by atoms with Gasteiger partial charge in [-0.25, -0.2) is 18.8 Å². The highest BCUT2D eigenvalue weighted by molar-refractivity contribution is 6.05. The van der Waals surface area contributed by atoms with Crippen LogP contribution in [0.4, 0.5) is 10.1 Å². The van der Waals surface area contributed by atoms with Crippen molar-refractivity contribution in [1.82, 2.24) is 0 Å². The Balaban J connectivity index is 2.64. The molecule has 0 amide bonds. The minimum atomic E-state index is -1.42. The summed E-state index contributed by atoms with van der Waals surface area (Å²) in [6.07, 6.45) is 5.78. The van der Waals surface area contributed by atoms with E-state index in [1.54, 1.807) is 0 Å². The Hall–Kier alpha value is -3.42. The predicted octanol–water partition coefficient (Wildman–Crippen LogP) is 2.01. The monoisotopic (exact) mass is 347 g/mol. The van der Waals surface area contributed by atoms with Crippen LogP contribution in [0.25, 0.3) is 0 Å². The Kier molecular flexibility index (Phi) is 5.33. The van der Waals surface area contributed by atoms with Gasteiger partial charge >= 0.3 is 17.9 Å². The molecule has 0 bridgehead atoms. The van der Waals surface area contributed by atoms with Crippen LogP contribution in [0, 0.1) is 5.82 Å². The van der Waals surface area contributed by atoms with Crippen LogP contribution in [0.5, 0.6) is 0 Å². The standard InChI is InChI=1S/C17H14FNO6/c1-24-16(22)12-5-3-4-8-19(14(12)17(23)25-2)10-6-7-11(15(20)21)13(18)9-10/h3-9H,1-2H3,(H,20,21). The van der Waals surface area contributed by atoms with Gasteiger partial charge in [-0.1, -0.05) is 6.08 Å². The molecule has 1 aromatic rings. The lowest BCUT2D eigenvalue weighted by molar-refractivity contribution is -0.139. The molecule has 0 radical (unpaired) electrons. The third-order valence-corrected chi connectivity index (χ3v) is 3.35. The topological polar surface area (TPSA) is 93.1 Å². The van der Waals surface area contributed by atoms with Crippen molar-refractivity contribution in [3.8, 4) is 0 Å². The lowest BCUT2D eigenvalue weighted by atomic mass is 10.1. The number of halogens is 1. The maximum absolute atomic E-state index is 14.0. The average Bonchev–Trinajstić information content (AvgIpc) is 2.82. The quantitative estimate of drug-likeness (QED) is 0.833. The van der Waals surface area contributed by atoms with Gasteiger partial charge in [0.25, 0.3) is 0 Å². The molecule has 0 saturated heterocycles. The first-order valence-electron chi connectivity index (χ1n) is 6.98. The molecule has 0 saturated carbocycles. The van der Waals surface area contributed by atoms with Crippen LogP contribution >= 0.6 is 0 Å². The molecule has 0 aromatic heterocycles. The number of carbonyl (C=O) groups excluding carboxylic acids is 2. The van der Waals surface area contributed by atoms with Crippen molar-refractivity contribution < 1.29 is 33.4 Å². The van der Waals surface area contributed by atoms with Crippen molar-refractivity contribution in [3.05, 3.63) is 65.3 Å². The lowest BCUT2D eigenvalue weighted by Crippen LogP contribution is -2.27. The van der Waals surface area contributed by atoms with Gasteiger partial charge < -0.3 is 19.5 Å². The summed E-state index contributed by atoms with van der Waals surface area (Å²) in [5.74, 6) is -4.04. The van der Waals surface area contributed by atoms with Gasteiger partial charge in [-0.15, -0.1) is 0 Å². The number of aromatic carboxylic acids is 1. The minimum Gasteiger partial charge on any atom is -0.478 e. The number of allylic oxidation sites excluding steroid dienone is 2. The Bertz CT molecular complexity index is 824. The van der Waals surface area contributed by atoms with Gasteiger partial charge in [-0.2, -0.15) is 0 Å². The number of methoxy groups -OCH3 is 2.